The molecule has 0 aromatic rings. The molecule has 0 aliphatic carbocycles. The summed E-state index contributed by atoms with van der Waals surface area (Å²) in [6, 6.07) is 0. The van der Waals surface area contributed by atoms with Gasteiger partial charge >= 0.3 is 6.16 Å². The van der Waals surface area contributed by atoms with Gasteiger partial charge in [0.05, 0.1) is 18.9 Å². The maximum absolute atomic E-state index is 9.69. The molecule has 2 atom stereocenters. The molecule has 0 N–H and O–H groups in total. The van der Waals surface area contributed by atoms with E-state index in [0.717, 1.165) is 0 Å². The lowest BCUT2D eigenvalue weighted by molar-refractivity contribution is 0.168. The Morgan fingerprint density at radius 2 is 1.67 bits per heavy atom. The van der Waals surface area contributed by atoms with E-state index in [9.17, 15) is 4.79 Å². The zero-order valence-electron chi connectivity index (χ0n) is 2.88. The van der Waals surface area contributed by atoms with Crippen molar-refractivity contribution in [2.24, 2.45) is 0 Å². The van der Waals surface area contributed by atoms with Gasteiger partial charge in [0.15, 0.2) is 0 Å². The van der Waals surface area contributed by atoms with Gasteiger partial charge in [-0.15, -0.1) is 0 Å². The molecule has 0 saturated heterocycles. The molecule has 0 amide bonds. The van der Waals surface area contributed by atoms with Gasteiger partial charge in [-0.1, -0.05) is 0 Å². The molecule has 0 aromatic carbocycles. The smallest absolute Gasteiger partial charge is 0.420 e. The topological polar surface area (TPSA) is 35.5 Å². The summed E-state index contributed by atoms with van der Waals surface area (Å²) in [5.41, 5.74) is 0. The predicted molar refractivity (Wildman–Crippen MR) is 27.0 cm³/mol. The Morgan fingerprint density at radius 1 is 1.33 bits per heavy atom. The Bertz CT molecular complexity index is 46.8. The summed E-state index contributed by atoms with van der Waals surface area (Å²) in [6.45, 7) is 0. The lowest BCUT2D eigenvalue weighted by Crippen LogP contribution is -1.88. The molecular weight excluding hydrogens is 122 g/mol. The molecule has 0 heterocycles. The van der Waals surface area contributed by atoms with Crippen LogP contribution >= 0.6 is 18.9 Å². The van der Waals surface area contributed by atoms with E-state index >= 15 is 0 Å². The molecular formula is CH4O3P2. The zero-order valence-corrected chi connectivity index (χ0v) is 5.19. The van der Waals surface area contributed by atoms with Crippen molar-refractivity contribution < 1.29 is 13.8 Å². The summed E-state index contributed by atoms with van der Waals surface area (Å²) in [5, 5.41) is 0. The standard InChI is InChI=1S/CH4O3P2/c2-1(3-5)4-6/h5-6H2. The van der Waals surface area contributed by atoms with E-state index in [1.165, 1.54) is 0 Å². The van der Waals surface area contributed by atoms with E-state index < -0.39 is 6.16 Å². The number of hydrogen-bond acceptors (Lipinski definition) is 3. The van der Waals surface area contributed by atoms with Crippen LogP contribution in [0.4, 0.5) is 4.79 Å². The second kappa shape index (κ2) is 3.32. The molecule has 0 rings (SSSR count). The van der Waals surface area contributed by atoms with Crippen LogP contribution < -0.4 is 0 Å². The van der Waals surface area contributed by atoms with Crippen molar-refractivity contribution in [3.8, 4) is 0 Å². The minimum atomic E-state index is -0.731. The molecule has 2 unspecified atom stereocenters. The number of hydrogen-bond donors (Lipinski definition) is 0. The summed E-state index contributed by atoms with van der Waals surface area (Å²) in [7, 11) is 3.50. The van der Waals surface area contributed by atoms with Crippen molar-refractivity contribution in [1.82, 2.24) is 0 Å². The van der Waals surface area contributed by atoms with Gasteiger partial charge in [-0.3, -0.25) is 0 Å². The normalized spacial score (nSPS) is 7.00. The maximum Gasteiger partial charge on any atom is 0.512 e. The van der Waals surface area contributed by atoms with Crippen LogP contribution in [0.2, 0.25) is 0 Å². The van der Waals surface area contributed by atoms with Gasteiger partial charge in [-0.25, -0.2) is 4.79 Å². The van der Waals surface area contributed by atoms with Crippen molar-refractivity contribution in [3.05, 3.63) is 0 Å². The van der Waals surface area contributed by atoms with Crippen molar-refractivity contribution in [2.45, 2.75) is 0 Å². The fraction of sp³-hybridized carbons (Fsp3) is 0. The third-order valence-electron chi connectivity index (χ3n) is 0.192. The molecule has 3 nitrogen and oxygen atoms in total. The lowest BCUT2D eigenvalue weighted by Gasteiger charge is -1.88. The first-order chi connectivity index (χ1) is 2.81. The molecule has 36 valence electrons. The lowest BCUT2D eigenvalue weighted by atomic mass is 11.5. The van der Waals surface area contributed by atoms with E-state index in [1.54, 1.807) is 18.9 Å². The first kappa shape index (κ1) is 6.13. The Balaban J connectivity index is 2.99. The van der Waals surface area contributed by atoms with E-state index in [2.05, 4.69) is 9.05 Å². The highest BCUT2D eigenvalue weighted by atomic mass is 31.0. The SMILES string of the molecule is O=C(OP)OP. The third-order valence-corrected chi connectivity index (χ3v) is 0.577. The summed E-state index contributed by atoms with van der Waals surface area (Å²) in [5.74, 6) is 0. The molecule has 0 bridgehead atoms. The van der Waals surface area contributed by atoms with Crippen molar-refractivity contribution in [2.75, 3.05) is 0 Å². The highest BCUT2D eigenvalue weighted by Crippen LogP contribution is 1.94. The fourth-order valence-electron chi connectivity index (χ4n) is 0.0278. The summed E-state index contributed by atoms with van der Waals surface area (Å²) < 4.78 is 7.87. The summed E-state index contributed by atoms with van der Waals surface area (Å²) in [4.78, 5) is 9.69. The Kier molecular flexibility index (Phi) is 3.40. The summed E-state index contributed by atoms with van der Waals surface area (Å²) >= 11 is 0. The first-order valence-electron chi connectivity index (χ1n) is 1.08. The molecule has 0 saturated carbocycles. The average molecular weight is 126 g/mol. The predicted octanol–water partition coefficient (Wildman–Crippen LogP) is 0.720. The van der Waals surface area contributed by atoms with Gasteiger partial charge in [0.2, 0.25) is 0 Å². The Morgan fingerprint density at radius 3 is 1.67 bits per heavy atom. The van der Waals surface area contributed by atoms with Crippen LogP contribution in [0.25, 0.3) is 0 Å². The van der Waals surface area contributed by atoms with Crippen LogP contribution in [0.3, 0.4) is 0 Å². The van der Waals surface area contributed by atoms with E-state index in [0.29, 0.717) is 0 Å². The monoisotopic (exact) mass is 126 g/mol. The third kappa shape index (κ3) is 2.37. The number of rotatable bonds is 0. The molecule has 0 spiro atoms. The quantitative estimate of drug-likeness (QED) is 0.448. The minimum Gasteiger partial charge on any atom is -0.420 e. The van der Waals surface area contributed by atoms with Crippen molar-refractivity contribution in [3.63, 3.8) is 0 Å². The highest BCUT2D eigenvalue weighted by Gasteiger charge is 1.89. The molecule has 0 radical (unpaired) electrons. The number of carbonyl (C=O) groups excluding carboxylic acids is 1. The van der Waals surface area contributed by atoms with Crippen LogP contribution in [0.1, 0.15) is 0 Å². The van der Waals surface area contributed by atoms with Crippen LogP contribution in [-0.4, -0.2) is 6.16 Å². The largest absolute Gasteiger partial charge is 0.512 e. The fourth-order valence-corrected chi connectivity index (χ4v) is 0.250. The Labute approximate surface area is 40.0 Å². The van der Waals surface area contributed by atoms with Crippen molar-refractivity contribution >= 4 is 25.1 Å². The van der Waals surface area contributed by atoms with E-state index in [1.807, 2.05) is 0 Å². The second-order valence-corrected chi connectivity index (χ2v) is 0.957. The van der Waals surface area contributed by atoms with Crippen LogP contribution in [0, 0.1) is 0 Å². The van der Waals surface area contributed by atoms with Gasteiger partial charge in [-0.05, 0) is 0 Å². The Hall–Kier alpha value is 0.130. The van der Waals surface area contributed by atoms with Gasteiger partial charge in [0.1, 0.15) is 0 Å². The number of carbonyl (C=O) groups is 1. The summed E-state index contributed by atoms with van der Waals surface area (Å²) in [6.07, 6.45) is -0.731. The minimum absolute atomic E-state index is 0.731. The first-order valence-corrected chi connectivity index (χ1v) is 2.03. The van der Waals surface area contributed by atoms with Crippen LogP contribution in [0.15, 0.2) is 0 Å². The van der Waals surface area contributed by atoms with Gasteiger partial charge in [-0.2, -0.15) is 0 Å². The van der Waals surface area contributed by atoms with Crippen molar-refractivity contribution in [1.29, 1.82) is 0 Å². The molecule has 0 aliphatic heterocycles. The van der Waals surface area contributed by atoms with Gasteiger partial charge < -0.3 is 9.05 Å². The van der Waals surface area contributed by atoms with E-state index in [-0.39, 0.29) is 0 Å². The maximum atomic E-state index is 9.69. The zero-order chi connectivity index (χ0) is 4.99. The molecule has 5 heteroatoms. The van der Waals surface area contributed by atoms with Crippen LogP contribution in [0.5, 0.6) is 0 Å². The van der Waals surface area contributed by atoms with Crippen LogP contribution in [-0.2, 0) is 9.05 Å². The highest BCUT2D eigenvalue weighted by molar-refractivity contribution is 7.12. The molecule has 0 fully saturated rings. The average Bonchev–Trinajstić information content (AvgIpc) is 1.65. The van der Waals surface area contributed by atoms with Gasteiger partial charge in [0, 0.05) is 0 Å². The van der Waals surface area contributed by atoms with E-state index in [4.69, 9.17) is 0 Å². The molecule has 0 aromatic heterocycles. The molecule has 0 aliphatic rings. The second-order valence-electron chi connectivity index (χ2n) is 0.486. The van der Waals surface area contributed by atoms with Gasteiger partial charge in [0.25, 0.3) is 0 Å². The molecule has 6 heavy (non-hydrogen) atoms.